The molecule has 0 saturated heterocycles. The van der Waals surface area contributed by atoms with Gasteiger partial charge in [-0.25, -0.2) is 8.42 Å². The summed E-state index contributed by atoms with van der Waals surface area (Å²) in [6.07, 6.45) is 3.54. The molecule has 1 aromatic carbocycles. The van der Waals surface area contributed by atoms with Gasteiger partial charge >= 0.3 is 0 Å². The first-order valence-electron chi connectivity index (χ1n) is 6.69. The molecule has 0 heterocycles. The van der Waals surface area contributed by atoms with Crippen molar-refractivity contribution < 1.29 is 13.2 Å². The van der Waals surface area contributed by atoms with Crippen LogP contribution >= 0.6 is 10.7 Å². The molecule has 0 aromatic heterocycles. The third-order valence-corrected chi connectivity index (χ3v) is 5.12. The van der Waals surface area contributed by atoms with Crippen molar-refractivity contribution in [2.24, 2.45) is 11.8 Å². The molecule has 0 aliphatic heterocycles. The Labute approximate surface area is 123 Å². The number of rotatable bonds is 4. The van der Waals surface area contributed by atoms with Gasteiger partial charge in [0.05, 0.1) is 4.90 Å². The quantitative estimate of drug-likeness (QED) is 0.869. The number of hydrogen-bond acceptors (Lipinski definition) is 3. The van der Waals surface area contributed by atoms with Crippen LogP contribution in [0, 0.1) is 11.8 Å². The summed E-state index contributed by atoms with van der Waals surface area (Å²) in [6.45, 7) is 2.91. The second-order valence-electron chi connectivity index (χ2n) is 5.46. The number of carbonyl (C=O) groups excluding carboxylic acids is 1. The average molecular weight is 316 g/mol. The van der Waals surface area contributed by atoms with Crippen molar-refractivity contribution in [3.63, 3.8) is 0 Å². The van der Waals surface area contributed by atoms with Crippen LogP contribution in [0.5, 0.6) is 0 Å². The molecule has 1 N–H and O–H groups in total. The molecule has 2 atom stereocenters. The van der Waals surface area contributed by atoms with Crippen LogP contribution in [0.3, 0.4) is 0 Å². The fourth-order valence-electron chi connectivity index (χ4n) is 2.62. The summed E-state index contributed by atoms with van der Waals surface area (Å²) < 4.78 is 22.2. The maximum absolute atomic E-state index is 12.0. The van der Waals surface area contributed by atoms with Gasteiger partial charge in [-0.2, -0.15) is 0 Å². The Morgan fingerprint density at radius 1 is 1.30 bits per heavy atom. The van der Waals surface area contributed by atoms with Crippen molar-refractivity contribution in [1.82, 2.24) is 5.32 Å². The summed E-state index contributed by atoms with van der Waals surface area (Å²) in [7, 11) is 1.49. The Balaban J connectivity index is 1.92. The molecule has 6 heteroatoms. The third-order valence-electron chi connectivity index (χ3n) is 3.75. The number of benzene rings is 1. The molecule has 4 nitrogen and oxygen atoms in total. The van der Waals surface area contributed by atoms with E-state index in [1.54, 1.807) is 0 Å². The third kappa shape index (κ3) is 3.96. The molecule has 1 saturated carbocycles. The van der Waals surface area contributed by atoms with Gasteiger partial charge in [0, 0.05) is 22.8 Å². The highest BCUT2D eigenvalue weighted by molar-refractivity contribution is 8.13. The molecule has 1 fully saturated rings. The first-order chi connectivity index (χ1) is 9.36. The van der Waals surface area contributed by atoms with Gasteiger partial charge in [0.1, 0.15) is 0 Å². The van der Waals surface area contributed by atoms with Gasteiger partial charge in [-0.05, 0) is 48.9 Å². The Morgan fingerprint density at radius 2 is 1.95 bits per heavy atom. The van der Waals surface area contributed by atoms with E-state index in [-0.39, 0.29) is 10.8 Å². The van der Waals surface area contributed by atoms with E-state index in [1.165, 1.54) is 30.7 Å². The summed E-state index contributed by atoms with van der Waals surface area (Å²) in [6, 6.07) is 5.63. The van der Waals surface area contributed by atoms with Gasteiger partial charge in [0.2, 0.25) is 0 Å². The van der Waals surface area contributed by atoms with Crippen LogP contribution < -0.4 is 5.32 Å². The predicted molar refractivity (Wildman–Crippen MR) is 78.3 cm³/mol. The van der Waals surface area contributed by atoms with Gasteiger partial charge in [-0.3, -0.25) is 4.79 Å². The molecular weight excluding hydrogens is 298 g/mol. The lowest BCUT2D eigenvalue weighted by atomic mass is 10.1. The van der Waals surface area contributed by atoms with Crippen LogP contribution in [0.4, 0.5) is 0 Å². The molecular formula is C14H18ClNO3S. The minimum atomic E-state index is -3.74. The van der Waals surface area contributed by atoms with Gasteiger partial charge in [0.25, 0.3) is 15.0 Å². The smallest absolute Gasteiger partial charge is 0.261 e. The van der Waals surface area contributed by atoms with Gasteiger partial charge in [-0.1, -0.05) is 13.3 Å². The van der Waals surface area contributed by atoms with Crippen LogP contribution in [0.25, 0.3) is 0 Å². The minimum Gasteiger partial charge on any atom is -0.352 e. The number of amides is 1. The summed E-state index contributed by atoms with van der Waals surface area (Å²) in [4.78, 5) is 12.0. The molecule has 1 aliphatic rings. The Morgan fingerprint density at radius 3 is 2.45 bits per heavy atom. The number of nitrogens with one attached hydrogen (secondary N) is 1. The molecule has 1 aliphatic carbocycles. The average Bonchev–Trinajstić information content (AvgIpc) is 2.81. The van der Waals surface area contributed by atoms with Crippen molar-refractivity contribution in [1.29, 1.82) is 0 Å². The number of carbonyl (C=O) groups is 1. The van der Waals surface area contributed by atoms with Crippen molar-refractivity contribution in [2.45, 2.75) is 31.1 Å². The molecule has 0 radical (unpaired) electrons. The minimum absolute atomic E-state index is 0.000310. The van der Waals surface area contributed by atoms with E-state index in [2.05, 4.69) is 12.2 Å². The van der Waals surface area contributed by atoms with Crippen LogP contribution in [-0.4, -0.2) is 20.9 Å². The molecule has 0 bridgehead atoms. The standard InChI is InChI=1S/C14H18ClNO3S/c1-10-2-3-11(8-10)9-16-14(17)12-4-6-13(7-5-12)20(15,18)19/h4-7,10-11H,2-3,8-9H2,1H3,(H,16,17). The van der Waals surface area contributed by atoms with E-state index in [9.17, 15) is 13.2 Å². The Kier molecular flexibility index (Phi) is 4.70. The molecule has 1 aromatic rings. The maximum Gasteiger partial charge on any atom is 0.261 e. The maximum atomic E-state index is 12.0. The van der Waals surface area contributed by atoms with E-state index in [4.69, 9.17) is 10.7 Å². The topological polar surface area (TPSA) is 63.2 Å². The SMILES string of the molecule is CC1CCC(CNC(=O)c2ccc(S(=O)(=O)Cl)cc2)C1. The predicted octanol–water partition coefficient (Wildman–Crippen LogP) is 2.78. The van der Waals surface area contributed by atoms with Crippen LogP contribution in [-0.2, 0) is 9.05 Å². The largest absolute Gasteiger partial charge is 0.352 e. The van der Waals surface area contributed by atoms with Crippen molar-refractivity contribution >= 4 is 25.6 Å². The van der Waals surface area contributed by atoms with Crippen molar-refractivity contribution in [3.05, 3.63) is 29.8 Å². The van der Waals surface area contributed by atoms with Crippen molar-refractivity contribution in [2.75, 3.05) is 6.54 Å². The zero-order valence-electron chi connectivity index (χ0n) is 11.3. The molecule has 1 amide bonds. The second kappa shape index (κ2) is 6.14. The monoisotopic (exact) mass is 315 g/mol. The zero-order chi connectivity index (χ0) is 14.8. The molecule has 2 unspecified atom stereocenters. The summed E-state index contributed by atoms with van der Waals surface area (Å²) in [5.74, 6) is 1.12. The van der Waals surface area contributed by atoms with Crippen LogP contribution in [0.15, 0.2) is 29.2 Å². The van der Waals surface area contributed by atoms with E-state index in [0.29, 0.717) is 18.0 Å². The fourth-order valence-corrected chi connectivity index (χ4v) is 3.39. The van der Waals surface area contributed by atoms with Gasteiger partial charge in [-0.15, -0.1) is 0 Å². The van der Waals surface area contributed by atoms with Crippen LogP contribution in [0.2, 0.25) is 0 Å². The van der Waals surface area contributed by atoms with Gasteiger partial charge < -0.3 is 5.32 Å². The Bertz CT molecular complexity index is 583. The highest BCUT2D eigenvalue weighted by Crippen LogP contribution is 2.29. The number of halogens is 1. The van der Waals surface area contributed by atoms with E-state index >= 15 is 0 Å². The van der Waals surface area contributed by atoms with E-state index < -0.39 is 9.05 Å². The van der Waals surface area contributed by atoms with Crippen molar-refractivity contribution in [3.8, 4) is 0 Å². The summed E-state index contributed by atoms with van der Waals surface area (Å²) in [5.41, 5.74) is 0.445. The number of hydrogen-bond donors (Lipinski definition) is 1. The lowest BCUT2D eigenvalue weighted by molar-refractivity contribution is 0.0947. The van der Waals surface area contributed by atoms with E-state index in [1.807, 2.05) is 0 Å². The lowest BCUT2D eigenvalue weighted by Gasteiger charge is -2.11. The summed E-state index contributed by atoms with van der Waals surface area (Å²) >= 11 is 0. The van der Waals surface area contributed by atoms with Crippen LogP contribution in [0.1, 0.15) is 36.5 Å². The zero-order valence-corrected chi connectivity index (χ0v) is 12.9. The molecule has 20 heavy (non-hydrogen) atoms. The Hall–Kier alpha value is -1.07. The highest BCUT2D eigenvalue weighted by Gasteiger charge is 2.21. The highest BCUT2D eigenvalue weighted by atomic mass is 35.7. The normalized spacial score (nSPS) is 22.7. The van der Waals surface area contributed by atoms with Gasteiger partial charge in [0.15, 0.2) is 0 Å². The second-order valence-corrected chi connectivity index (χ2v) is 8.02. The molecule has 110 valence electrons. The molecule has 2 rings (SSSR count). The fraction of sp³-hybridized carbons (Fsp3) is 0.500. The van der Waals surface area contributed by atoms with E-state index in [0.717, 1.165) is 18.8 Å². The lowest BCUT2D eigenvalue weighted by Crippen LogP contribution is -2.28. The first-order valence-corrected chi connectivity index (χ1v) is 9.00. The summed E-state index contributed by atoms with van der Waals surface area (Å²) in [5, 5.41) is 2.90. The first kappa shape index (κ1) is 15.3. The molecule has 0 spiro atoms.